The van der Waals surface area contributed by atoms with E-state index in [-0.39, 0.29) is 0 Å². The number of hydrogen-bond donors (Lipinski definition) is 2. The van der Waals surface area contributed by atoms with Gasteiger partial charge in [0.2, 0.25) is 5.95 Å². The number of furan rings is 1. The molecule has 0 saturated carbocycles. The molecule has 0 fully saturated rings. The molecule has 0 aliphatic carbocycles. The van der Waals surface area contributed by atoms with Crippen molar-refractivity contribution in [2.24, 2.45) is 0 Å². The molecule has 26 heavy (non-hydrogen) atoms. The van der Waals surface area contributed by atoms with Gasteiger partial charge in [0.15, 0.2) is 0 Å². The first kappa shape index (κ1) is 16.4. The summed E-state index contributed by atoms with van der Waals surface area (Å²) >= 11 is 6.21. The van der Waals surface area contributed by atoms with Gasteiger partial charge in [-0.25, -0.2) is 4.98 Å². The van der Waals surface area contributed by atoms with Gasteiger partial charge < -0.3 is 15.1 Å². The summed E-state index contributed by atoms with van der Waals surface area (Å²) in [6.07, 6.45) is 1.66. The monoisotopic (exact) mass is 364 g/mol. The highest BCUT2D eigenvalue weighted by molar-refractivity contribution is 6.31. The molecule has 0 amide bonds. The zero-order valence-electron chi connectivity index (χ0n) is 14.2. The summed E-state index contributed by atoms with van der Waals surface area (Å²) in [6.45, 7) is 2.51. The quantitative estimate of drug-likeness (QED) is 0.486. The number of hydrogen-bond acceptors (Lipinski definition) is 5. The second kappa shape index (κ2) is 7.06. The van der Waals surface area contributed by atoms with Crippen molar-refractivity contribution in [3.8, 4) is 0 Å². The van der Waals surface area contributed by atoms with E-state index in [2.05, 4.69) is 20.6 Å². The van der Waals surface area contributed by atoms with E-state index in [0.717, 1.165) is 33.7 Å². The first-order chi connectivity index (χ1) is 12.7. The number of fused-ring (bicyclic) bond motifs is 1. The van der Waals surface area contributed by atoms with Gasteiger partial charge in [0, 0.05) is 16.1 Å². The van der Waals surface area contributed by atoms with Crippen molar-refractivity contribution in [3.05, 3.63) is 77.2 Å². The fourth-order valence-corrected chi connectivity index (χ4v) is 2.83. The summed E-state index contributed by atoms with van der Waals surface area (Å²) in [5.41, 5.74) is 2.72. The van der Waals surface area contributed by atoms with Crippen molar-refractivity contribution in [3.63, 3.8) is 0 Å². The van der Waals surface area contributed by atoms with Crippen molar-refractivity contribution in [2.45, 2.75) is 13.5 Å². The van der Waals surface area contributed by atoms with Crippen LogP contribution in [0.3, 0.4) is 0 Å². The molecule has 2 aromatic heterocycles. The molecule has 0 unspecified atom stereocenters. The van der Waals surface area contributed by atoms with Crippen molar-refractivity contribution >= 4 is 40.0 Å². The van der Waals surface area contributed by atoms with Crippen LogP contribution >= 0.6 is 11.6 Å². The molecule has 0 spiro atoms. The Bertz CT molecular complexity index is 1050. The van der Waals surface area contributed by atoms with Crippen LogP contribution in [0.2, 0.25) is 5.02 Å². The Morgan fingerprint density at radius 1 is 1.04 bits per heavy atom. The number of aromatic nitrogens is 2. The van der Waals surface area contributed by atoms with Crippen LogP contribution in [0.25, 0.3) is 10.9 Å². The lowest BCUT2D eigenvalue weighted by Crippen LogP contribution is -2.05. The first-order valence-electron chi connectivity index (χ1n) is 8.25. The van der Waals surface area contributed by atoms with Crippen molar-refractivity contribution in [1.29, 1.82) is 0 Å². The molecule has 130 valence electrons. The highest BCUT2D eigenvalue weighted by Gasteiger charge is 2.09. The fraction of sp³-hybridized carbons (Fsp3) is 0.100. The van der Waals surface area contributed by atoms with E-state index >= 15 is 0 Å². The van der Waals surface area contributed by atoms with Crippen LogP contribution in [0.1, 0.15) is 11.3 Å². The zero-order valence-corrected chi connectivity index (χ0v) is 14.9. The molecule has 0 aliphatic rings. The number of nitrogens with zero attached hydrogens (tertiary/aromatic N) is 2. The van der Waals surface area contributed by atoms with E-state index in [1.54, 1.807) is 6.26 Å². The molecule has 5 nitrogen and oxygen atoms in total. The number of para-hydroxylation sites is 1. The average Bonchev–Trinajstić information content (AvgIpc) is 3.16. The Balaban J connectivity index is 1.67. The van der Waals surface area contributed by atoms with Gasteiger partial charge in [-0.1, -0.05) is 29.8 Å². The third-order valence-corrected chi connectivity index (χ3v) is 4.45. The second-order valence-electron chi connectivity index (χ2n) is 5.93. The third-order valence-electron chi connectivity index (χ3n) is 4.04. The largest absolute Gasteiger partial charge is 0.467 e. The average molecular weight is 365 g/mol. The third kappa shape index (κ3) is 3.48. The predicted octanol–water partition coefficient (Wildman–Crippen LogP) is 5.54. The number of rotatable bonds is 5. The number of nitrogens with one attached hydrogen (secondary N) is 2. The van der Waals surface area contributed by atoms with E-state index in [0.29, 0.717) is 17.5 Å². The molecule has 4 rings (SSSR count). The molecule has 0 saturated heterocycles. The lowest BCUT2D eigenvalue weighted by molar-refractivity contribution is 0.518. The van der Waals surface area contributed by atoms with Crippen LogP contribution in [-0.2, 0) is 6.54 Å². The van der Waals surface area contributed by atoms with E-state index in [4.69, 9.17) is 16.0 Å². The summed E-state index contributed by atoms with van der Waals surface area (Å²) in [5, 5.41) is 8.20. The fourth-order valence-electron chi connectivity index (χ4n) is 2.65. The summed E-state index contributed by atoms with van der Waals surface area (Å²) in [5.74, 6) is 2.09. The summed E-state index contributed by atoms with van der Waals surface area (Å²) in [4.78, 5) is 9.23. The van der Waals surface area contributed by atoms with Gasteiger partial charge in [-0.3, -0.25) is 0 Å². The van der Waals surface area contributed by atoms with Gasteiger partial charge in [0.1, 0.15) is 11.6 Å². The maximum absolute atomic E-state index is 6.21. The number of anilines is 3. The van der Waals surface area contributed by atoms with Crippen molar-refractivity contribution in [1.82, 2.24) is 9.97 Å². The molecule has 2 heterocycles. The van der Waals surface area contributed by atoms with Crippen LogP contribution in [0, 0.1) is 6.92 Å². The Morgan fingerprint density at radius 2 is 1.92 bits per heavy atom. The molecule has 2 N–H and O–H groups in total. The van der Waals surface area contributed by atoms with Crippen molar-refractivity contribution in [2.75, 3.05) is 10.6 Å². The predicted molar refractivity (Wildman–Crippen MR) is 105 cm³/mol. The van der Waals surface area contributed by atoms with Gasteiger partial charge in [-0.05, 0) is 48.9 Å². The zero-order chi connectivity index (χ0) is 17.9. The van der Waals surface area contributed by atoms with E-state index in [1.807, 2.05) is 61.5 Å². The SMILES string of the molecule is Cc1ccc(Nc2nc(NCc3ccco3)c3ccccc3n2)cc1Cl. The summed E-state index contributed by atoms with van der Waals surface area (Å²) < 4.78 is 5.38. The standard InChI is InChI=1S/C20H17ClN4O/c1-13-8-9-14(11-17(13)21)23-20-24-18-7-3-2-6-16(18)19(25-20)22-12-15-5-4-10-26-15/h2-11H,12H2,1H3,(H2,22,23,24,25). The number of benzene rings is 2. The normalized spacial score (nSPS) is 10.8. The number of halogens is 1. The van der Waals surface area contributed by atoms with E-state index < -0.39 is 0 Å². The second-order valence-corrected chi connectivity index (χ2v) is 6.34. The van der Waals surface area contributed by atoms with E-state index in [9.17, 15) is 0 Å². The van der Waals surface area contributed by atoms with Crippen molar-refractivity contribution < 1.29 is 4.42 Å². The maximum Gasteiger partial charge on any atom is 0.229 e. The minimum Gasteiger partial charge on any atom is -0.467 e. The minimum atomic E-state index is 0.505. The molecule has 0 bridgehead atoms. The van der Waals surface area contributed by atoms with Gasteiger partial charge >= 0.3 is 0 Å². The Morgan fingerprint density at radius 3 is 2.73 bits per heavy atom. The van der Waals surface area contributed by atoms with Crippen LogP contribution in [0.15, 0.2) is 65.3 Å². The smallest absolute Gasteiger partial charge is 0.229 e. The lowest BCUT2D eigenvalue weighted by atomic mass is 10.2. The summed E-state index contributed by atoms with van der Waals surface area (Å²) in [7, 11) is 0. The molecule has 4 aromatic rings. The highest BCUT2D eigenvalue weighted by atomic mass is 35.5. The Labute approximate surface area is 156 Å². The molecule has 0 aliphatic heterocycles. The molecular weight excluding hydrogens is 348 g/mol. The molecule has 0 atom stereocenters. The highest BCUT2D eigenvalue weighted by Crippen LogP contribution is 2.26. The minimum absolute atomic E-state index is 0.505. The van der Waals surface area contributed by atoms with Gasteiger partial charge in [0.25, 0.3) is 0 Å². The van der Waals surface area contributed by atoms with Gasteiger partial charge in [-0.15, -0.1) is 0 Å². The lowest BCUT2D eigenvalue weighted by Gasteiger charge is -2.12. The van der Waals surface area contributed by atoms with Crippen LogP contribution in [0.4, 0.5) is 17.5 Å². The van der Waals surface area contributed by atoms with E-state index in [1.165, 1.54) is 0 Å². The Kier molecular flexibility index (Phi) is 4.46. The number of aryl methyl sites for hydroxylation is 1. The maximum atomic E-state index is 6.21. The molecule has 0 radical (unpaired) electrons. The molecule has 6 heteroatoms. The molecular formula is C20H17ClN4O. The van der Waals surface area contributed by atoms with Crippen LogP contribution in [0.5, 0.6) is 0 Å². The first-order valence-corrected chi connectivity index (χ1v) is 8.63. The van der Waals surface area contributed by atoms with Crippen LogP contribution < -0.4 is 10.6 Å². The Hall–Kier alpha value is -3.05. The summed E-state index contributed by atoms with van der Waals surface area (Å²) in [6, 6.07) is 17.4. The van der Waals surface area contributed by atoms with Gasteiger partial charge in [-0.2, -0.15) is 4.98 Å². The topological polar surface area (TPSA) is 63.0 Å². The van der Waals surface area contributed by atoms with Gasteiger partial charge in [0.05, 0.1) is 18.3 Å². The van der Waals surface area contributed by atoms with Crippen LogP contribution in [-0.4, -0.2) is 9.97 Å². The molecule has 2 aromatic carbocycles.